The Hall–Kier alpha value is -1.30. The van der Waals surface area contributed by atoms with Crippen molar-refractivity contribution in [1.82, 2.24) is 16.2 Å². The maximum Gasteiger partial charge on any atom is 0.238 e. The van der Waals surface area contributed by atoms with Gasteiger partial charge in [-0.2, -0.15) is 0 Å². The number of ether oxygens (including phenoxy) is 1. The monoisotopic (exact) mass is 325 g/mol. The lowest BCUT2D eigenvalue weighted by molar-refractivity contribution is -0.123. The fourth-order valence-electron chi connectivity index (χ4n) is 2.54. The van der Waals surface area contributed by atoms with Crippen molar-refractivity contribution < 1.29 is 9.53 Å². The van der Waals surface area contributed by atoms with Crippen LogP contribution in [0.2, 0.25) is 5.02 Å². The van der Waals surface area contributed by atoms with Crippen molar-refractivity contribution in [2.24, 2.45) is 5.92 Å². The van der Waals surface area contributed by atoms with E-state index in [9.17, 15) is 4.79 Å². The van der Waals surface area contributed by atoms with Gasteiger partial charge in [-0.3, -0.25) is 10.2 Å². The average Bonchev–Trinajstić information content (AvgIpc) is 2.91. The highest BCUT2D eigenvalue weighted by molar-refractivity contribution is 6.30. The van der Waals surface area contributed by atoms with Gasteiger partial charge in [-0.1, -0.05) is 31.5 Å². The number of carbonyl (C=O) groups is 1. The van der Waals surface area contributed by atoms with Crippen molar-refractivity contribution in [2.45, 2.75) is 38.8 Å². The normalized spacial score (nSPS) is 21.1. The first-order valence-corrected chi connectivity index (χ1v) is 8.09. The van der Waals surface area contributed by atoms with E-state index in [1.165, 1.54) is 0 Å². The largest absolute Gasteiger partial charge is 0.492 e. The molecule has 6 heteroatoms. The molecular weight excluding hydrogens is 302 g/mol. The maximum absolute atomic E-state index is 12.1. The van der Waals surface area contributed by atoms with Gasteiger partial charge in [0.15, 0.2) is 0 Å². The van der Waals surface area contributed by atoms with Crippen LogP contribution in [0.1, 0.15) is 26.7 Å². The van der Waals surface area contributed by atoms with Crippen molar-refractivity contribution in [3.8, 4) is 5.75 Å². The van der Waals surface area contributed by atoms with Crippen LogP contribution in [0.3, 0.4) is 0 Å². The Morgan fingerprint density at radius 2 is 2.27 bits per heavy atom. The van der Waals surface area contributed by atoms with Gasteiger partial charge < -0.3 is 10.1 Å². The molecule has 0 radical (unpaired) electrons. The van der Waals surface area contributed by atoms with Gasteiger partial charge in [-0.05, 0) is 37.0 Å². The van der Waals surface area contributed by atoms with Gasteiger partial charge in [0, 0.05) is 11.1 Å². The number of hydrogen-bond donors (Lipinski definition) is 3. The number of hydrogen-bond acceptors (Lipinski definition) is 4. The number of benzene rings is 1. The molecule has 2 atom stereocenters. The second-order valence-corrected chi connectivity index (χ2v) is 6.44. The van der Waals surface area contributed by atoms with E-state index < -0.39 is 0 Å². The molecule has 1 saturated heterocycles. The Kier molecular flexibility index (Phi) is 6.49. The Bertz CT molecular complexity index is 496. The molecule has 1 aliphatic rings. The first-order chi connectivity index (χ1) is 10.5. The zero-order valence-electron chi connectivity index (χ0n) is 13.1. The van der Waals surface area contributed by atoms with Crippen LogP contribution >= 0.6 is 11.6 Å². The Morgan fingerprint density at radius 1 is 1.45 bits per heavy atom. The van der Waals surface area contributed by atoms with Gasteiger partial charge in [0.25, 0.3) is 0 Å². The summed E-state index contributed by atoms with van der Waals surface area (Å²) < 4.78 is 5.54. The summed E-state index contributed by atoms with van der Waals surface area (Å²) in [6, 6.07) is 7.41. The Balaban J connectivity index is 1.64. The molecule has 1 aromatic rings. The highest BCUT2D eigenvalue weighted by Crippen LogP contribution is 2.17. The van der Waals surface area contributed by atoms with E-state index in [0.717, 1.165) is 12.8 Å². The molecule has 1 aromatic carbocycles. The minimum atomic E-state index is -0.171. The minimum Gasteiger partial charge on any atom is -0.492 e. The molecule has 1 fully saturated rings. The zero-order valence-corrected chi connectivity index (χ0v) is 13.8. The van der Waals surface area contributed by atoms with Crippen LogP contribution in [0.25, 0.3) is 0 Å². The fourth-order valence-corrected chi connectivity index (χ4v) is 2.72. The summed E-state index contributed by atoms with van der Waals surface area (Å²) in [5.74, 6) is 1.33. The SMILES string of the molecule is CC(C)CC1CC(C(=O)NCCOc2cccc(Cl)c2)NN1. The predicted molar refractivity (Wildman–Crippen MR) is 87.9 cm³/mol. The number of halogens is 1. The molecule has 3 N–H and O–H groups in total. The topological polar surface area (TPSA) is 62.4 Å². The highest BCUT2D eigenvalue weighted by atomic mass is 35.5. The highest BCUT2D eigenvalue weighted by Gasteiger charge is 2.29. The van der Waals surface area contributed by atoms with Gasteiger partial charge in [0.2, 0.25) is 5.91 Å². The molecule has 2 unspecified atom stereocenters. The first-order valence-electron chi connectivity index (χ1n) is 7.71. The standard InChI is InChI=1S/C16H24ClN3O2/c1-11(2)8-13-10-15(20-19-13)16(21)18-6-7-22-14-5-3-4-12(17)9-14/h3-5,9,11,13,15,19-20H,6-8,10H2,1-2H3,(H,18,21). The van der Waals surface area contributed by atoms with Crippen molar-refractivity contribution in [3.05, 3.63) is 29.3 Å². The third kappa shape index (κ3) is 5.48. The molecule has 22 heavy (non-hydrogen) atoms. The molecule has 2 rings (SSSR count). The van der Waals surface area contributed by atoms with Crippen LogP contribution in [0.4, 0.5) is 0 Å². The molecular formula is C16H24ClN3O2. The summed E-state index contributed by atoms with van der Waals surface area (Å²) in [6.45, 7) is 5.25. The average molecular weight is 326 g/mol. The minimum absolute atomic E-state index is 0.00782. The molecule has 1 amide bonds. The Morgan fingerprint density at radius 3 is 3.00 bits per heavy atom. The summed E-state index contributed by atoms with van der Waals surface area (Å²) in [7, 11) is 0. The second-order valence-electron chi connectivity index (χ2n) is 6.00. The molecule has 5 nitrogen and oxygen atoms in total. The lowest BCUT2D eigenvalue weighted by atomic mass is 10.00. The third-order valence-electron chi connectivity index (χ3n) is 3.52. The number of carbonyl (C=O) groups excluding carboxylic acids is 1. The van der Waals surface area contributed by atoms with Crippen LogP contribution in [-0.2, 0) is 4.79 Å². The summed E-state index contributed by atoms with van der Waals surface area (Å²) in [5, 5.41) is 3.52. The lowest BCUT2D eigenvalue weighted by Crippen LogP contribution is -2.44. The van der Waals surface area contributed by atoms with Crippen LogP contribution < -0.4 is 20.9 Å². The van der Waals surface area contributed by atoms with E-state index in [1.54, 1.807) is 12.1 Å². The zero-order chi connectivity index (χ0) is 15.9. The van der Waals surface area contributed by atoms with Crippen molar-refractivity contribution >= 4 is 17.5 Å². The van der Waals surface area contributed by atoms with Gasteiger partial charge in [0.1, 0.15) is 18.4 Å². The predicted octanol–water partition coefficient (Wildman–Crippen LogP) is 2.12. The number of nitrogens with one attached hydrogen (secondary N) is 3. The molecule has 0 aliphatic carbocycles. The molecule has 0 saturated carbocycles. The summed E-state index contributed by atoms with van der Waals surface area (Å²) >= 11 is 5.88. The van der Waals surface area contributed by atoms with Crippen molar-refractivity contribution in [3.63, 3.8) is 0 Å². The molecule has 0 bridgehead atoms. The summed E-state index contributed by atoms with van der Waals surface area (Å²) in [6.07, 6.45) is 1.88. The van der Waals surface area contributed by atoms with E-state index >= 15 is 0 Å². The first kappa shape index (κ1) is 17.1. The van der Waals surface area contributed by atoms with E-state index in [0.29, 0.717) is 35.9 Å². The van der Waals surface area contributed by atoms with Crippen molar-refractivity contribution in [2.75, 3.05) is 13.2 Å². The lowest BCUT2D eigenvalue weighted by Gasteiger charge is -2.12. The smallest absolute Gasteiger partial charge is 0.238 e. The van der Waals surface area contributed by atoms with Crippen LogP contribution in [-0.4, -0.2) is 31.1 Å². The molecule has 0 spiro atoms. The van der Waals surface area contributed by atoms with Gasteiger partial charge >= 0.3 is 0 Å². The number of hydrazine groups is 1. The van der Waals surface area contributed by atoms with E-state index in [1.807, 2.05) is 12.1 Å². The summed E-state index contributed by atoms with van der Waals surface area (Å²) in [5.41, 5.74) is 6.24. The number of rotatable bonds is 7. The Labute approximate surface area is 136 Å². The van der Waals surface area contributed by atoms with Crippen LogP contribution in [0.5, 0.6) is 5.75 Å². The van der Waals surface area contributed by atoms with Crippen LogP contribution in [0, 0.1) is 5.92 Å². The summed E-state index contributed by atoms with van der Waals surface area (Å²) in [4.78, 5) is 12.1. The molecule has 1 aliphatic heterocycles. The number of amides is 1. The maximum atomic E-state index is 12.1. The second kappa shape index (κ2) is 8.36. The molecule has 1 heterocycles. The van der Waals surface area contributed by atoms with Gasteiger partial charge in [-0.15, -0.1) is 0 Å². The molecule has 122 valence electrons. The van der Waals surface area contributed by atoms with E-state index in [4.69, 9.17) is 16.3 Å². The molecule has 0 aromatic heterocycles. The van der Waals surface area contributed by atoms with E-state index in [-0.39, 0.29) is 11.9 Å². The van der Waals surface area contributed by atoms with Gasteiger partial charge in [-0.25, -0.2) is 5.43 Å². The van der Waals surface area contributed by atoms with Gasteiger partial charge in [0.05, 0.1) is 6.54 Å². The fraction of sp³-hybridized carbons (Fsp3) is 0.562. The van der Waals surface area contributed by atoms with Crippen molar-refractivity contribution in [1.29, 1.82) is 0 Å². The quantitative estimate of drug-likeness (QED) is 0.672. The van der Waals surface area contributed by atoms with Crippen LogP contribution in [0.15, 0.2) is 24.3 Å². The van der Waals surface area contributed by atoms with E-state index in [2.05, 4.69) is 30.0 Å². The third-order valence-corrected chi connectivity index (χ3v) is 3.76.